The van der Waals surface area contributed by atoms with E-state index >= 15 is 0 Å². The fourth-order valence-electron chi connectivity index (χ4n) is 5.90. The van der Waals surface area contributed by atoms with Gasteiger partial charge in [0.2, 0.25) is 17.7 Å². The number of rotatable bonds is 15. The molecule has 0 saturated carbocycles. The second-order valence-electron chi connectivity index (χ2n) is 12.9. The number of carboxylic acid groups (broad SMARTS) is 1. The highest BCUT2D eigenvalue weighted by Gasteiger charge is 2.38. The van der Waals surface area contributed by atoms with E-state index in [0.717, 1.165) is 21.5 Å². The lowest BCUT2D eigenvalue weighted by Gasteiger charge is -2.33. The number of amides is 5. The van der Waals surface area contributed by atoms with E-state index in [2.05, 4.69) is 31.2 Å². The first kappa shape index (κ1) is 39.3. The van der Waals surface area contributed by atoms with E-state index in [1.807, 2.05) is 24.3 Å². The summed E-state index contributed by atoms with van der Waals surface area (Å²) in [5.74, 6) is -3.88. The van der Waals surface area contributed by atoms with Gasteiger partial charge in [0.15, 0.2) is 6.23 Å². The van der Waals surface area contributed by atoms with Crippen LogP contribution in [0.1, 0.15) is 39.0 Å². The smallest absolute Gasteiger partial charge is 0.330 e. The van der Waals surface area contributed by atoms with Crippen LogP contribution in [0.3, 0.4) is 0 Å². The number of para-hydroxylation sites is 1. The highest BCUT2D eigenvalue weighted by atomic mass is 16.5. The third-order valence-corrected chi connectivity index (χ3v) is 8.97. The molecule has 1 saturated heterocycles. The number of fused-ring (bicyclic) bond motifs is 1. The lowest BCUT2D eigenvalue weighted by Crippen LogP contribution is -2.63. The number of benzene rings is 1. The number of carbonyl (C=O) groups is 5. The fourth-order valence-corrected chi connectivity index (χ4v) is 5.90. The summed E-state index contributed by atoms with van der Waals surface area (Å²) in [7, 11) is 1.40. The van der Waals surface area contributed by atoms with Gasteiger partial charge in [-0.25, -0.2) is 14.4 Å². The zero-order valence-corrected chi connectivity index (χ0v) is 29.1. The van der Waals surface area contributed by atoms with Crippen molar-refractivity contribution in [3.63, 3.8) is 0 Å². The molecule has 10 N–H and O–H groups in total. The van der Waals surface area contributed by atoms with Gasteiger partial charge in [0.1, 0.15) is 24.2 Å². The van der Waals surface area contributed by atoms with Gasteiger partial charge in [-0.05, 0) is 24.5 Å². The van der Waals surface area contributed by atoms with Crippen LogP contribution in [0, 0.1) is 5.92 Å². The molecule has 0 spiro atoms. The number of ether oxygens (including phenoxy) is 1. The number of nitrogens with two attached hydrogens (primary N) is 1. The summed E-state index contributed by atoms with van der Waals surface area (Å²) >= 11 is 0. The molecule has 1 fully saturated rings. The van der Waals surface area contributed by atoms with Gasteiger partial charge in [-0.3, -0.25) is 28.7 Å². The first-order valence-corrected chi connectivity index (χ1v) is 16.6. The number of nitrogens with zero attached hydrogens (tertiary/aromatic N) is 2. The normalized spacial score (nSPS) is 19.3. The van der Waals surface area contributed by atoms with Crippen LogP contribution in [0.25, 0.3) is 10.9 Å². The predicted octanol–water partition coefficient (Wildman–Crippen LogP) is -1.91. The molecule has 5 amide bonds. The van der Waals surface area contributed by atoms with Gasteiger partial charge in [-0.15, -0.1) is 0 Å². The Bertz CT molecular complexity index is 1890. The van der Waals surface area contributed by atoms with E-state index in [0.29, 0.717) is 5.56 Å². The van der Waals surface area contributed by atoms with Gasteiger partial charge in [0.05, 0.1) is 18.7 Å². The maximum Gasteiger partial charge on any atom is 0.330 e. The van der Waals surface area contributed by atoms with Crippen molar-refractivity contribution < 1.29 is 38.9 Å². The summed E-state index contributed by atoms with van der Waals surface area (Å²) in [5, 5.41) is 31.4. The van der Waals surface area contributed by atoms with Crippen LogP contribution < -0.4 is 38.2 Å². The average molecular weight is 728 g/mol. The van der Waals surface area contributed by atoms with Gasteiger partial charge >= 0.3 is 17.7 Å². The number of aliphatic carboxylic acids is 1. The lowest BCUT2D eigenvalue weighted by atomic mass is 10.0. The summed E-state index contributed by atoms with van der Waals surface area (Å²) < 4.78 is 6.80. The number of nitrogens with one attached hydrogen (secondary N) is 6. The van der Waals surface area contributed by atoms with Crippen LogP contribution in [0.2, 0.25) is 0 Å². The van der Waals surface area contributed by atoms with Crippen molar-refractivity contribution in [2.75, 3.05) is 20.1 Å². The minimum Gasteiger partial charge on any atom is -0.480 e. The molecule has 0 unspecified atom stereocenters. The number of aromatic nitrogens is 3. The Kier molecular flexibility index (Phi) is 12.9. The highest BCUT2D eigenvalue weighted by molar-refractivity contribution is 5.93. The fraction of sp³-hybridized carbons (Fsp3) is 0.485. The topological polar surface area (TPSA) is 283 Å². The van der Waals surface area contributed by atoms with E-state index in [-0.39, 0.29) is 25.9 Å². The second kappa shape index (κ2) is 17.1. The average Bonchev–Trinajstić information content (AvgIpc) is 3.69. The maximum absolute atomic E-state index is 13.7. The van der Waals surface area contributed by atoms with Crippen LogP contribution >= 0.6 is 0 Å². The standard InChI is InChI=1S/C33H45N9O10/c1-16(2)26(40-32(50)37-22(31(48)49)11-18-14-35-21-8-6-5-7-20(18)21)29(47)39-27(17(3)41(4)25(45)13-34)28(46)36-15-19-12-23(43)30(52-19)42-10-9-24(44)38-33(42)51/h5-10,14,16-17,19,22-23,26-27,30,35,43H,11-13,15,34H2,1-4H3,(H,36,46)(H,39,47)(H,48,49)(H2,37,40,50)(H,38,44,51)/t17-,19+,22-,23+,26+,27-,30+/m0/s1. The van der Waals surface area contributed by atoms with Crippen LogP contribution in [0.15, 0.2) is 52.3 Å². The van der Waals surface area contributed by atoms with Gasteiger partial charge in [-0.2, -0.15) is 0 Å². The van der Waals surface area contributed by atoms with E-state index in [1.165, 1.54) is 25.1 Å². The molecule has 7 atom stereocenters. The predicted molar refractivity (Wildman–Crippen MR) is 186 cm³/mol. The summed E-state index contributed by atoms with van der Waals surface area (Å²) in [6.45, 7) is 4.25. The monoisotopic (exact) mass is 727 g/mol. The zero-order chi connectivity index (χ0) is 38.3. The van der Waals surface area contributed by atoms with E-state index in [9.17, 15) is 43.8 Å². The Balaban J connectivity index is 1.44. The number of likely N-dealkylation sites (N-methyl/N-ethyl adjacent to an activating group) is 1. The number of aliphatic hydroxyl groups excluding tert-OH is 1. The molecule has 0 bridgehead atoms. The quantitative estimate of drug-likeness (QED) is 0.0833. The zero-order valence-electron chi connectivity index (χ0n) is 29.1. The third-order valence-electron chi connectivity index (χ3n) is 8.97. The van der Waals surface area contributed by atoms with E-state index in [4.69, 9.17) is 10.5 Å². The highest BCUT2D eigenvalue weighted by Crippen LogP contribution is 2.27. The van der Waals surface area contributed by atoms with Crippen LogP contribution in [-0.4, -0.2) is 116 Å². The number of carboxylic acids is 1. The Morgan fingerprint density at radius 1 is 1.04 bits per heavy atom. The molecule has 4 rings (SSSR count). The van der Waals surface area contributed by atoms with Crippen molar-refractivity contribution in [1.29, 1.82) is 0 Å². The molecule has 52 heavy (non-hydrogen) atoms. The molecule has 3 heterocycles. The molecule has 3 aromatic rings. The Hall–Kier alpha value is -5.53. The van der Waals surface area contributed by atoms with E-state index in [1.54, 1.807) is 20.0 Å². The Labute approximate surface area is 297 Å². The summed E-state index contributed by atoms with van der Waals surface area (Å²) in [4.78, 5) is 95.0. The largest absolute Gasteiger partial charge is 0.480 e. The maximum atomic E-state index is 13.7. The van der Waals surface area contributed by atoms with Crippen molar-refractivity contribution in [2.24, 2.45) is 11.7 Å². The van der Waals surface area contributed by atoms with Gasteiger partial charge in [-0.1, -0.05) is 32.0 Å². The number of aromatic amines is 2. The molecule has 1 aliphatic heterocycles. The summed E-state index contributed by atoms with van der Waals surface area (Å²) in [5.41, 5.74) is 5.58. The van der Waals surface area contributed by atoms with Crippen molar-refractivity contribution in [3.05, 3.63) is 69.1 Å². The van der Waals surface area contributed by atoms with Crippen molar-refractivity contribution in [2.45, 2.75) is 76.2 Å². The minimum absolute atomic E-state index is 0.0146. The first-order valence-electron chi connectivity index (χ1n) is 16.6. The molecule has 1 aromatic carbocycles. The number of aliphatic hydroxyl groups is 1. The van der Waals surface area contributed by atoms with E-state index < -0.39 is 89.5 Å². The van der Waals surface area contributed by atoms with Crippen molar-refractivity contribution in [1.82, 2.24) is 40.7 Å². The molecule has 19 heteroatoms. The molecule has 0 radical (unpaired) electrons. The molecule has 282 valence electrons. The number of urea groups is 1. The molecular formula is C33H45N9O10. The van der Waals surface area contributed by atoms with Gasteiger partial charge in [0.25, 0.3) is 5.56 Å². The minimum atomic E-state index is -1.38. The van der Waals surface area contributed by atoms with Crippen molar-refractivity contribution in [3.8, 4) is 0 Å². The first-order chi connectivity index (χ1) is 24.6. The molecular weight excluding hydrogens is 682 g/mol. The Morgan fingerprint density at radius 3 is 2.40 bits per heavy atom. The number of H-pyrrole nitrogens is 2. The molecule has 0 aliphatic carbocycles. The third kappa shape index (κ3) is 9.42. The Morgan fingerprint density at radius 2 is 1.75 bits per heavy atom. The lowest BCUT2D eigenvalue weighted by molar-refractivity contribution is -0.139. The van der Waals surface area contributed by atoms with Crippen LogP contribution in [-0.2, 0) is 30.3 Å². The van der Waals surface area contributed by atoms with Crippen molar-refractivity contribution >= 4 is 40.6 Å². The number of carbonyl (C=O) groups excluding carboxylic acids is 4. The molecule has 2 aromatic heterocycles. The number of hydrogen-bond acceptors (Lipinski definition) is 10. The molecule has 1 aliphatic rings. The second-order valence-corrected chi connectivity index (χ2v) is 12.9. The summed E-state index contributed by atoms with van der Waals surface area (Å²) in [6, 6.07) is 2.54. The molecule has 19 nitrogen and oxygen atoms in total. The van der Waals surface area contributed by atoms with Crippen LogP contribution in [0.5, 0.6) is 0 Å². The summed E-state index contributed by atoms with van der Waals surface area (Å²) in [6.07, 6.45) is -0.258. The SMILES string of the molecule is CC(C)[C@@H](NC(=O)N[C@@H](Cc1c[nH]c2ccccc12)C(=O)O)C(=O)N[C@H](C(=O)NC[C@H]1C[C@@H](O)[C@H](n2ccc(=O)[nH]c2=O)O1)[C@H](C)N(C)C(=O)CN. The van der Waals surface area contributed by atoms with Crippen LogP contribution in [0.4, 0.5) is 4.79 Å². The van der Waals surface area contributed by atoms with Gasteiger partial charge in [0, 0.05) is 55.8 Å². The van der Waals surface area contributed by atoms with Gasteiger partial charge < -0.3 is 51.8 Å². The number of hydrogen-bond donors (Lipinski definition) is 9.